The highest BCUT2D eigenvalue weighted by Crippen LogP contribution is 2.52. The molecular formula is C60H34O2. The highest BCUT2D eigenvalue weighted by Gasteiger charge is 2.26. The van der Waals surface area contributed by atoms with Gasteiger partial charge in [-0.05, 0) is 124 Å². The van der Waals surface area contributed by atoms with Gasteiger partial charge in [0, 0.05) is 32.7 Å². The number of hydrogen-bond donors (Lipinski definition) is 0. The van der Waals surface area contributed by atoms with Gasteiger partial charge in [-0.15, -0.1) is 0 Å². The Morgan fingerprint density at radius 2 is 0.516 bits per heavy atom. The Hall–Kier alpha value is -8.20. The second-order valence-corrected chi connectivity index (χ2v) is 16.7. The number of rotatable bonds is 2. The third-order valence-electron chi connectivity index (χ3n) is 13.4. The van der Waals surface area contributed by atoms with Gasteiger partial charge in [-0.25, -0.2) is 0 Å². The molecule has 62 heavy (non-hydrogen) atoms. The van der Waals surface area contributed by atoms with E-state index >= 15 is 0 Å². The van der Waals surface area contributed by atoms with Crippen molar-refractivity contribution in [3.63, 3.8) is 0 Å². The lowest BCUT2D eigenvalue weighted by Crippen LogP contribution is -1.99. The molecule has 11 aromatic carbocycles. The average Bonchev–Trinajstić information content (AvgIpc) is 3.92. The molecule has 0 radical (unpaired) electrons. The van der Waals surface area contributed by atoms with Crippen molar-refractivity contribution in [3.8, 4) is 66.8 Å². The first kappa shape index (κ1) is 33.6. The van der Waals surface area contributed by atoms with Crippen LogP contribution >= 0.6 is 0 Å². The van der Waals surface area contributed by atoms with Crippen LogP contribution in [0.15, 0.2) is 215 Å². The van der Waals surface area contributed by atoms with Gasteiger partial charge < -0.3 is 8.83 Å². The third-order valence-corrected chi connectivity index (χ3v) is 13.4. The van der Waals surface area contributed by atoms with E-state index in [1.807, 2.05) is 12.1 Å². The van der Waals surface area contributed by atoms with E-state index in [-0.39, 0.29) is 0 Å². The SMILES string of the molecule is c1ccc2c(c1)-c1cc(-c3cccc4c3oc3ccccc34)ccc1-c1cc3c4ccccc4c4ccccc4c3cc1-c1ccc(-c3cccc4c3oc3ccccc34)cc1-2. The molecule has 0 spiro atoms. The molecular weight excluding hydrogens is 753 g/mol. The molecule has 2 nitrogen and oxygen atoms in total. The van der Waals surface area contributed by atoms with Gasteiger partial charge in [0.25, 0.3) is 0 Å². The maximum atomic E-state index is 6.62. The van der Waals surface area contributed by atoms with E-state index in [2.05, 4.69) is 194 Å². The van der Waals surface area contributed by atoms with Crippen molar-refractivity contribution in [2.75, 3.05) is 0 Å². The van der Waals surface area contributed by atoms with E-state index in [4.69, 9.17) is 8.83 Å². The van der Waals surface area contributed by atoms with Crippen molar-refractivity contribution < 1.29 is 8.83 Å². The van der Waals surface area contributed by atoms with Gasteiger partial charge in [-0.1, -0.05) is 170 Å². The molecule has 14 rings (SSSR count). The molecule has 0 aliphatic heterocycles. The molecule has 1 aliphatic carbocycles. The molecule has 2 heteroatoms. The molecule has 2 aromatic heterocycles. The number of hydrogen-bond acceptors (Lipinski definition) is 2. The van der Waals surface area contributed by atoms with Gasteiger partial charge in [-0.3, -0.25) is 0 Å². The Bertz CT molecular complexity index is 3780. The molecule has 0 bridgehead atoms. The first-order valence-corrected chi connectivity index (χ1v) is 21.3. The highest BCUT2D eigenvalue weighted by atomic mass is 16.3. The molecule has 286 valence electrons. The van der Waals surface area contributed by atoms with Gasteiger partial charge in [0.2, 0.25) is 0 Å². The largest absolute Gasteiger partial charge is 0.455 e. The Balaban J connectivity index is 1.10. The average molecular weight is 787 g/mol. The van der Waals surface area contributed by atoms with Crippen molar-refractivity contribution in [3.05, 3.63) is 206 Å². The maximum Gasteiger partial charge on any atom is 0.143 e. The summed E-state index contributed by atoms with van der Waals surface area (Å²) in [5.74, 6) is 0. The summed E-state index contributed by atoms with van der Waals surface area (Å²) in [5, 5.41) is 12.1. The fraction of sp³-hybridized carbons (Fsp3) is 0. The molecule has 0 unspecified atom stereocenters. The van der Waals surface area contributed by atoms with Crippen LogP contribution in [0.4, 0.5) is 0 Å². The summed E-state index contributed by atoms with van der Waals surface area (Å²) in [5.41, 5.74) is 17.6. The van der Waals surface area contributed by atoms with E-state index in [1.54, 1.807) is 0 Å². The Morgan fingerprint density at radius 1 is 0.194 bits per heavy atom. The zero-order chi connectivity index (χ0) is 40.5. The van der Waals surface area contributed by atoms with Gasteiger partial charge >= 0.3 is 0 Å². The minimum Gasteiger partial charge on any atom is -0.455 e. The Kier molecular flexibility index (Phi) is 6.86. The van der Waals surface area contributed by atoms with E-state index in [0.29, 0.717) is 0 Å². The first-order valence-electron chi connectivity index (χ1n) is 21.3. The molecule has 1 aliphatic rings. The number of para-hydroxylation sites is 4. The second-order valence-electron chi connectivity index (χ2n) is 16.7. The van der Waals surface area contributed by atoms with Crippen LogP contribution < -0.4 is 0 Å². The van der Waals surface area contributed by atoms with Crippen LogP contribution in [0.5, 0.6) is 0 Å². The van der Waals surface area contributed by atoms with Crippen LogP contribution in [-0.4, -0.2) is 0 Å². The third kappa shape index (κ3) is 4.69. The molecule has 0 fully saturated rings. The predicted octanol–water partition coefficient (Wildman–Crippen LogP) is 17.3. The highest BCUT2D eigenvalue weighted by molar-refractivity contribution is 6.27. The van der Waals surface area contributed by atoms with E-state index in [1.165, 1.54) is 76.8 Å². The smallest absolute Gasteiger partial charge is 0.143 e. The molecule has 2 heterocycles. The summed E-state index contributed by atoms with van der Waals surface area (Å²) in [6.07, 6.45) is 0. The normalized spacial score (nSPS) is 12.2. The second kappa shape index (κ2) is 12.7. The monoisotopic (exact) mass is 786 g/mol. The summed E-state index contributed by atoms with van der Waals surface area (Å²) < 4.78 is 13.2. The summed E-state index contributed by atoms with van der Waals surface area (Å²) >= 11 is 0. The van der Waals surface area contributed by atoms with E-state index in [0.717, 1.165) is 66.1 Å². The quantitative estimate of drug-likeness (QED) is 0.163. The summed E-state index contributed by atoms with van der Waals surface area (Å²) in [6, 6.07) is 75.4. The Labute approximate surface area is 356 Å². The predicted molar refractivity (Wildman–Crippen MR) is 260 cm³/mol. The van der Waals surface area contributed by atoms with Crippen molar-refractivity contribution in [1.29, 1.82) is 0 Å². The standard InChI is InChI=1S/C60H34O2/c1-3-15-41-39(13-1)40-14-2-4-16-42(40)54-34-56-46-30-28-36(38-22-12-24-50-48-20-8-10-26-58(48)62-60(38)50)32-52(46)44-18-6-5-17-43(44)51-31-35(27-29-45(51)55(56)33-53(41)54)37-21-11-23-49-47-19-7-9-25-57(47)61-59(37)49/h1-34H. The lowest BCUT2D eigenvalue weighted by Gasteiger charge is -2.25. The first-order chi connectivity index (χ1) is 30.7. The molecule has 0 saturated heterocycles. The van der Waals surface area contributed by atoms with Crippen molar-refractivity contribution in [2.24, 2.45) is 0 Å². The summed E-state index contributed by atoms with van der Waals surface area (Å²) in [4.78, 5) is 0. The van der Waals surface area contributed by atoms with Crippen molar-refractivity contribution in [1.82, 2.24) is 0 Å². The lowest BCUT2D eigenvalue weighted by molar-refractivity contribution is 0.669. The maximum absolute atomic E-state index is 6.62. The van der Waals surface area contributed by atoms with Crippen LogP contribution in [0.1, 0.15) is 0 Å². The topological polar surface area (TPSA) is 26.3 Å². The van der Waals surface area contributed by atoms with Crippen LogP contribution in [0.3, 0.4) is 0 Å². The summed E-state index contributed by atoms with van der Waals surface area (Å²) in [7, 11) is 0. The molecule has 0 N–H and O–H groups in total. The number of furan rings is 2. The zero-order valence-electron chi connectivity index (χ0n) is 33.4. The minimum atomic E-state index is 0.901. The molecule has 0 amide bonds. The van der Waals surface area contributed by atoms with Crippen molar-refractivity contribution >= 4 is 76.2 Å². The number of benzene rings is 11. The van der Waals surface area contributed by atoms with Crippen LogP contribution in [0, 0.1) is 0 Å². The van der Waals surface area contributed by atoms with Crippen molar-refractivity contribution in [2.45, 2.75) is 0 Å². The molecule has 0 saturated carbocycles. The zero-order valence-corrected chi connectivity index (χ0v) is 33.4. The fourth-order valence-electron chi connectivity index (χ4n) is 10.6. The van der Waals surface area contributed by atoms with Gasteiger partial charge in [0.05, 0.1) is 0 Å². The van der Waals surface area contributed by atoms with Gasteiger partial charge in [0.15, 0.2) is 0 Å². The molecule has 13 aromatic rings. The van der Waals surface area contributed by atoms with E-state index in [9.17, 15) is 0 Å². The fourth-order valence-corrected chi connectivity index (χ4v) is 10.6. The molecule has 0 atom stereocenters. The minimum absolute atomic E-state index is 0.901. The van der Waals surface area contributed by atoms with Crippen LogP contribution in [-0.2, 0) is 0 Å². The number of fused-ring (bicyclic) bond motifs is 20. The van der Waals surface area contributed by atoms with Crippen LogP contribution in [0.25, 0.3) is 143 Å². The van der Waals surface area contributed by atoms with Crippen LogP contribution in [0.2, 0.25) is 0 Å². The Morgan fingerprint density at radius 3 is 0.968 bits per heavy atom. The lowest BCUT2D eigenvalue weighted by atomic mass is 9.78. The van der Waals surface area contributed by atoms with E-state index < -0.39 is 0 Å². The van der Waals surface area contributed by atoms with Gasteiger partial charge in [-0.2, -0.15) is 0 Å². The van der Waals surface area contributed by atoms with Gasteiger partial charge in [0.1, 0.15) is 22.3 Å². The summed E-state index contributed by atoms with van der Waals surface area (Å²) in [6.45, 7) is 0.